The topological polar surface area (TPSA) is 30.5 Å². The smallest absolute Gasteiger partial charge is 0.136 e. The van der Waals surface area contributed by atoms with E-state index in [1.807, 2.05) is 19.2 Å². The maximum atomic E-state index is 5.25. The van der Waals surface area contributed by atoms with E-state index in [1.54, 1.807) is 14.2 Å². The van der Waals surface area contributed by atoms with E-state index in [1.165, 1.54) is 0 Å². The molecule has 0 spiro atoms. The fourth-order valence-electron chi connectivity index (χ4n) is 1.25. The van der Waals surface area contributed by atoms with Crippen molar-refractivity contribution in [3.8, 4) is 11.5 Å². The van der Waals surface area contributed by atoms with Gasteiger partial charge in [0.1, 0.15) is 11.5 Å². The highest BCUT2D eigenvalue weighted by Crippen LogP contribution is 2.32. The van der Waals surface area contributed by atoms with Crippen molar-refractivity contribution >= 4 is 15.9 Å². The van der Waals surface area contributed by atoms with Crippen LogP contribution in [0.15, 0.2) is 16.6 Å². The maximum absolute atomic E-state index is 5.25. The second-order valence-electron chi connectivity index (χ2n) is 2.83. The third-order valence-electron chi connectivity index (χ3n) is 1.92. The summed E-state index contributed by atoms with van der Waals surface area (Å²) in [6, 6.07) is 3.87. The molecule has 4 heteroatoms. The van der Waals surface area contributed by atoms with Gasteiger partial charge in [-0.15, -0.1) is 0 Å². The summed E-state index contributed by atoms with van der Waals surface area (Å²) in [7, 11) is 5.19. The molecule has 0 radical (unpaired) electrons. The molecule has 0 aliphatic carbocycles. The molecule has 0 aliphatic heterocycles. The number of methoxy groups -OCH3 is 2. The van der Waals surface area contributed by atoms with Crippen LogP contribution in [0.2, 0.25) is 0 Å². The van der Waals surface area contributed by atoms with Crippen LogP contribution in [0.5, 0.6) is 11.5 Å². The van der Waals surface area contributed by atoms with Gasteiger partial charge in [-0.3, -0.25) is 0 Å². The molecule has 0 amide bonds. The molecule has 1 aromatic rings. The fraction of sp³-hybridized carbons (Fsp3) is 0.400. The zero-order chi connectivity index (χ0) is 10.6. The Morgan fingerprint density at radius 2 is 1.86 bits per heavy atom. The second kappa shape index (κ2) is 5.22. The molecule has 1 N–H and O–H groups in total. The molecule has 1 aromatic carbocycles. The van der Waals surface area contributed by atoms with E-state index >= 15 is 0 Å². The van der Waals surface area contributed by atoms with Crippen molar-refractivity contribution in [2.45, 2.75) is 6.54 Å². The summed E-state index contributed by atoms with van der Waals surface area (Å²) in [5.74, 6) is 1.61. The van der Waals surface area contributed by atoms with E-state index < -0.39 is 0 Å². The van der Waals surface area contributed by atoms with Gasteiger partial charge in [0.25, 0.3) is 0 Å². The minimum absolute atomic E-state index is 0.770. The molecule has 0 fully saturated rings. The average Bonchev–Trinajstić information content (AvgIpc) is 2.19. The number of nitrogens with one attached hydrogen (secondary N) is 1. The Bertz CT molecular complexity index is 315. The highest BCUT2D eigenvalue weighted by Gasteiger charge is 2.08. The lowest BCUT2D eigenvalue weighted by Gasteiger charge is -2.11. The van der Waals surface area contributed by atoms with E-state index in [0.717, 1.165) is 28.1 Å². The Kier molecular flexibility index (Phi) is 4.22. The highest BCUT2D eigenvalue weighted by atomic mass is 79.9. The first kappa shape index (κ1) is 11.3. The standard InChI is InChI=1S/C10H14BrNO2/c1-12-6-7-4-8(11)10(14-3)5-9(7)13-2/h4-5,12H,6H2,1-3H3. The zero-order valence-corrected chi connectivity index (χ0v) is 10.1. The van der Waals surface area contributed by atoms with Gasteiger partial charge in [-0.1, -0.05) is 0 Å². The molecule has 14 heavy (non-hydrogen) atoms. The lowest BCUT2D eigenvalue weighted by Crippen LogP contribution is -2.06. The van der Waals surface area contributed by atoms with Crippen molar-refractivity contribution in [1.29, 1.82) is 0 Å². The summed E-state index contributed by atoms with van der Waals surface area (Å²) < 4.78 is 11.4. The van der Waals surface area contributed by atoms with Crippen molar-refractivity contribution < 1.29 is 9.47 Å². The lowest BCUT2D eigenvalue weighted by atomic mass is 10.2. The number of hydrogen-bond acceptors (Lipinski definition) is 3. The first-order valence-electron chi connectivity index (χ1n) is 4.28. The van der Waals surface area contributed by atoms with Crippen molar-refractivity contribution in [2.24, 2.45) is 0 Å². The Balaban J connectivity index is 3.10. The first-order chi connectivity index (χ1) is 6.72. The van der Waals surface area contributed by atoms with Crippen LogP contribution in [0.3, 0.4) is 0 Å². The minimum Gasteiger partial charge on any atom is -0.496 e. The van der Waals surface area contributed by atoms with Crippen LogP contribution >= 0.6 is 15.9 Å². The Hall–Kier alpha value is -0.740. The molecule has 78 valence electrons. The van der Waals surface area contributed by atoms with Crippen LogP contribution in [-0.2, 0) is 6.54 Å². The quantitative estimate of drug-likeness (QED) is 0.900. The molecule has 0 aromatic heterocycles. The molecule has 3 nitrogen and oxygen atoms in total. The Morgan fingerprint density at radius 3 is 2.36 bits per heavy atom. The highest BCUT2D eigenvalue weighted by molar-refractivity contribution is 9.10. The fourth-order valence-corrected chi connectivity index (χ4v) is 1.80. The van der Waals surface area contributed by atoms with Gasteiger partial charge >= 0.3 is 0 Å². The summed E-state index contributed by atoms with van der Waals surface area (Å²) in [5.41, 5.74) is 1.10. The van der Waals surface area contributed by atoms with Gasteiger partial charge in [-0.05, 0) is 29.0 Å². The van der Waals surface area contributed by atoms with Gasteiger partial charge < -0.3 is 14.8 Å². The number of benzene rings is 1. The Labute approximate surface area is 92.5 Å². The normalized spacial score (nSPS) is 10.0. The summed E-state index contributed by atoms with van der Waals surface area (Å²) in [6.07, 6.45) is 0. The molecule has 0 aliphatic rings. The zero-order valence-electron chi connectivity index (χ0n) is 8.56. The molecular weight excluding hydrogens is 246 g/mol. The van der Waals surface area contributed by atoms with Crippen LogP contribution in [0, 0.1) is 0 Å². The molecule has 0 saturated carbocycles. The second-order valence-corrected chi connectivity index (χ2v) is 3.68. The summed E-state index contributed by atoms with van der Waals surface area (Å²) in [6.45, 7) is 0.770. The van der Waals surface area contributed by atoms with Gasteiger partial charge in [0.15, 0.2) is 0 Å². The van der Waals surface area contributed by atoms with Crippen LogP contribution < -0.4 is 14.8 Å². The van der Waals surface area contributed by atoms with E-state index in [9.17, 15) is 0 Å². The van der Waals surface area contributed by atoms with Crippen molar-refractivity contribution in [1.82, 2.24) is 5.32 Å². The number of ether oxygens (including phenoxy) is 2. The number of halogens is 1. The van der Waals surface area contributed by atoms with Gasteiger partial charge in [-0.25, -0.2) is 0 Å². The predicted molar refractivity (Wildman–Crippen MR) is 60.0 cm³/mol. The van der Waals surface area contributed by atoms with E-state index in [2.05, 4.69) is 21.2 Å². The maximum Gasteiger partial charge on any atom is 0.136 e. The lowest BCUT2D eigenvalue weighted by molar-refractivity contribution is 0.388. The van der Waals surface area contributed by atoms with E-state index in [-0.39, 0.29) is 0 Å². The summed E-state index contributed by atoms with van der Waals surface area (Å²) in [4.78, 5) is 0. The molecule has 0 atom stereocenters. The van der Waals surface area contributed by atoms with E-state index in [4.69, 9.17) is 9.47 Å². The SMILES string of the molecule is CNCc1cc(Br)c(OC)cc1OC. The first-order valence-corrected chi connectivity index (χ1v) is 5.07. The summed E-state index contributed by atoms with van der Waals surface area (Å²) >= 11 is 3.43. The molecule has 1 rings (SSSR count). The van der Waals surface area contributed by atoms with Crippen LogP contribution in [0.1, 0.15) is 5.56 Å². The van der Waals surface area contributed by atoms with Crippen molar-refractivity contribution in [2.75, 3.05) is 21.3 Å². The van der Waals surface area contributed by atoms with Crippen LogP contribution in [0.25, 0.3) is 0 Å². The summed E-state index contributed by atoms with van der Waals surface area (Å²) in [5, 5.41) is 3.08. The molecule has 0 bridgehead atoms. The number of rotatable bonds is 4. The van der Waals surface area contributed by atoms with Crippen LogP contribution in [-0.4, -0.2) is 21.3 Å². The molecular formula is C10H14BrNO2. The largest absolute Gasteiger partial charge is 0.496 e. The molecule has 0 unspecified atom stereocenters. The monoisotopic (exact) mass is 259 g/mol. The Morgan fingerprint density at radius 1 is 1.21 bits per heavy atom. The molecule has 0 heterocycles. The van der Waals surface area contributed by atoms with Gasteiger partial charge in [0.05, 0.1) is 18.7 Å². The van der Waals surface area contributed by atoms with Gasteiger partial charge in [0, 0.05) is 18.2 Å². The third kappa shape index (κ3) is 2.39. The number of hydrogen-bond donors (Lipinski definition) is 1. The predicted octanol–water partition coefficient (Wildman–Crippen LogP) is 2.19. The van der Waals surface area contributed by atoms with Crippen LogP contribution in [0.4, 0.5) is 0 Å². The van der Waals surface area contributed by atoms with Crippen molar-refractivity contribution in [3.05, 3.63) is 22.2 Å². The van der Waals surface area contributed by atoms with Gasteiger partial charge in [-0.2, -0.15) is 0 Å². The van der Waals surface area contributed by atoms with Crippen molar-refractivity contribution in [3.63, 3.8) is 0 Å². The van der Waals surface area contributed by atoms with Gasteiger partial charge in [0.2, 0.25) is 0 Å². The van der Waals surface area contributed by atoms with E-state index in [0.29, 0.717) is 0 Å². The third-order valence-corrected chi connectivity index (χ3v) is 2.54. The average molecular weight is 260 g/mol. The minimum atomic E-state index is 0.770. The molecule has 0 saturated heterocycles.